The summed E-state index contributed by atoms with van der Waals surface area (Å²) in [6, 6.07) is 1.26. The normalized spacial score (nSPS) is 11.8. The number of halogens is 3. The first-order valence-corrected chi connectivity index (χ1v) is 3.59. The predicted octanol–water partition coefficient (Wildman–Crippen LogP) is 2.42. The summed E-state index contributed by atoms with van der Waals surface area (Å²) in [5.41, 5.74) is 5.53. The van der Waals surface area contributed by atoms with Crippen molar-refractivity contribution in [2.45, 2.75) is 6.92 Å². The van der Waals surface area contributed by atoms with Gasteiger partial charge in [-0.2, -0.15) is 0 Å². The second-order valence-electron chi connectivity index (χ2n) is 2.68. The van der Waals surface area contributed by atoms with Crippen molar-refractivity contribution in [1.82, 2.24) is 0 Å². The third-order valence-corrected chi connectivity index (χ3v) is 1.42. The molecule has 0 heterocycles. The van der Waals surface area contributed by atoms with Gasteiger partial charge in [-0.05, 0) is 19.1 Å². The largest absolute Gasteiger partial charge is 0.402 e. The fourth-order valence-corrected chi connectivity index (χ4v) is 0.894. The zero-order valence-corrected chi connectivity index (χ0v) is 6.94. The fourth-order valence-electron chi connectivity index (χ4n) is 0.894. The SMILES string of the molecule is C/C(N)=C/c1cc(F)c(F)cc1F. The predicted molar refractivity (Wildman–Crippen MR) is 44.2 cm³/mol. The van der Waals surface area contributed by atoms with Crippen LogP contribution in [-0.2, 0) is 0 Å². The molecule has 0 saturated heterocycles. The van der Waals surface area contributed by atoms with E-state index in [1.807, 2.05) is 0 Å². The van der Waals surface area contributed by atoms with Gasteiger partial charge in [0.1, 0.15) is 5.82 Å². The van der Waals surface area contributed by atoms with E-state index in [1.165, 1.54) is 13.0 Å². The van der Waals surface area contributed by atoms with Crippen LogP contribution >= 0.6 is 0 Å². The number of benzene rings is 1. The number of nitrogens with two attached hydrogens (primary N) is 1. The van der Waals surface area contributed by atoms with Gasteiger partial charge in [-0.15, -0.1) is 0 Å². The molecule has 0 unspecified atom stereocenters. The van der Waals surface area contributed by atoms with E-state index < -0.39 is 17.5 Å². The highest BCUT2D eigenvalue weighted by molar-refractivity contribution is 5.52. The van der Waals surface area contributed by atoms with Gasteiger partial charge in [-0.1, -0.05) is 0 Å². The van der Waals surface area contributed by atoms with Crippen LogP contribution in [0, 0.1) is 17.5 Å². The molecular formula is C9H8F3N. The molecule has 0 amide bonds. The molecule has 0 radical (unpaired) electrons. The maximum Gasteiger partial charge on any atom is 0.161 e. The van der Waals surface area contributed by atoms with Gasteiger partial charge in [0, 0.05) is 17.3 Å². The zero-order valence-electron chi connectivity index (χ0n) is 6.94. The molecule has 0 atom stereocenters. The minimum absolute atomic E-state index is 0.0566. The van der Waals surface area contributed by atoms with E-state index >= 15 is 0 Å². The van der Waals surface area contributed by atoms with Crippen LogP contribution in [0.1, 0.15) is 12.5 Å². The van der Waals surface area contributed by atoms with Crippen molar-refractivity contribution < 1.29 is 13.2 Å². The highest BCUT2D eigenvalue weighted by Crippen LogP contribution is 2.15. The third kappa shape index (κ3) is 2.24. The first kappa shape index (κ1) is 9.64. The molecule has 0 saturated carbocycles. The lowest BCUT2D eigenvalue weighted by atomic mass is 10.1. The monoisotopic (exact) mass is 187 g/mol. The molecule has 4 heteroatoms. The standard InChI is InChI=1S/C9H8F3N/c1-5(13)2-6-3-8(11)9(12)4-7(6)10/h2-4H,13H2,1H3/b5-2-. The van der Waals surface area contributed by atoms with Crippen molar-refractivity contribution in [3.8, 4) is 0 Å². The topological polar surface area (TPSA) is 26.0 Å². The van der Waals surface area contributed by atoms with Gasteiger partial charge in [0.2, 0.25) is 0 Å². The summed E-state index contributed by atoms with van der Waals surface area (Å²) in [7, 11) is 0. The Hall–Kier alpha value is -1.45. The number of allylic oxidation sites excluding steroid dienone is 1. The summed E-state index contributed by atoms with van der Waals surface area (Å²) in [6.45, 7) is 1.53. The lowest BCUT2D eigenvalue weighted by Crippen LogP contribution is -1.94. The third-order valence-electron chi connectivity index (χ3n) is 1.42. The Balaban J connectivity index is 3.24. The molecule has 0 aliphatic rings. The molecule has 1 nitrogen and oxygen atoms in total. The minimum atomic E-state index is -1.20. The van der Waals surface area contributed by atoms with Crippen LogP contribution in [0.25, 0.3) is 6.08 Å². The molecule has 0 bridgehead atoms. The Labute approximate surface area is 73.7 Å². The van der Waals surface area contributed by atoms with E-state index in [2.05, 4.69) is 0 Å². The lowest BCUT2D eigenvalue weighted by molar-refractivity contribution is 0.494. The van der Waals surface area contributed by atoms with E-state index in [1.54, 1.807) is 0 Å². The van der Waals surface area contributed by atoms with Gasteiger partial charge in [0.15, 0.2) is 11.6 Å². The molecule has 0 spiro atoms. The van der Waals surface area contributed by atoms with Crippen molar-refractivity contribution in [3.05, 3.63) is 40.8 Å². The summed E-state index contributed by atoms with van der Waals surface area (Å²) < 4.78 is 37.9. The minimum Gasteiger partial charge on any atom is -0.402 e. The number of hydrogen-bond acceptors (Lipinski definition) is 1. The molecule has 2 N–H and O–H groups in total. The molecule has 70 valence electrons. The lowest BCUT2D eigenvalue weighted by Gasteiger charge is -1.99. The molecule has 13 heavy (non-hydrogen) atoms. The highest BCUT2D eigenvalue weighted by atomic mass is 19.2. The molecule has 1 rings (SSSR count). The smallest absolute Gasteiger partial charge is 0.161 e. The van der Waals surface area contributed by atoms with Crippen LogP contribution in [-0.4, -0.2) is 0 Å². The summed E-state index contributed by atoms with van der Waals surface area (Å²) >= 11 is 0. The van der Waals surface area contributed by atoms with Gasteiger partial charge in [-0.3, -0.25) is 0 Å². The number of rotatable bonds is 1. The van der Waals surface area contributed by atoms with Crippen LogP contribution in [0.3, 0.4) is 0 Å². The average molecular weight is 187 g/mol. The van der Waals surface area contributed by atoms with Gasteiger partial charge in [-0.25, -0.2) is 13.2 Å². The summed E-state index contributed by atoms with van der Waals surface area (Å²) in [4.78, 5) is 0. The van der Waals surface area contributed by atoms with Crippen molar-refractivity contribution in [3.63, 3.8) is 0 Å². The van der Waals surface area contributed by atoms with Gasteiger partial charge < -0.3 is 5.73 Å². The van der Waals surface area contributed by atoms with E-state index in [4.69, 9.17) is 5.73 Å². The molecule has 0 aromatic heterocycles. The molecule has 0 fully saturated rings. The second kappa shape index (κ2) is 3.51. The van der Waals surface area contributed by atoms with Crippen LogP contribution in [0.15, 0.2) is 17.8 Å². The van der Waals surface area contributed by atoms with Crippen molar-refractivity contribution in [1.29, 1.82) is 0 Å². The Morgan fingerprint density at radius 3 is 2.23 bits per heavy atom. The van der Waals surface area contributed by atoms with Gasteiger partial charge in [0.25, 0.3) is 0 Å². The quantitative estimate of drug-likeness (QED) is 0.671. The van der Waals surface area contributed by atoms with E-state index in [-0.39, 0.29) is 5.56 Å². The first-order chi connectivity index (χ1) is 6.00. The Kier molecular flexibility index (Phi) is 2.60. The zero-order chi connectivity index (χ0) is 10.0. The van der Waals surface area contributed by atoms with Crippen molar-refractivity contribution >= 4 is 6.08 Å². The Morgan fingerprint density at radius 1 is 1.15 bits per heavy atom. The molecule has 1 aromatic rings. The summed E-state index contributed by atoms with van der Waals surface area (Å²) in [5.74, 6) is -3.12. The maximum atomic E-state index is 12.9. The van der Waals surface area contributed by atoms with Crippen molar-refractivity contribution in [2.75, 3.05) is 0 Å². The Morgan fingerprint density at radius 2 is 1.69 bits per heavy atom. The van der Waals surface area contributed by atoms with E-state index in [9.17, 15) is 13.2 Å². The first-order valence-electron chi connectivity index (χ1n) is 3.59. The molecular weight excluding hydrogens is 179 g/mol. The number of hydrogen-bond donors (Lipinski definition) is 1. The molecule has 1 aromatic carbocycles. The highest BCUT2D eigenvalue weighted by Gasteiger charge is 2.07. The van der Waals surface area contributed by atoms with Crippen LogP contribution < -0.4 is 5.73 Å². The summed E-state index contributed by atoms with van der Waals surface area (Å²) in [6.07, 6.45) is 1.23. The second-order valence-corrected chi connectivity index (χ2v) is 2.68. The van der Waals surface area contributed by atoms with Crippen molar-refractivity contribution in [2.24, 2.45) is 5.73 Å². The summed E-state index contributed by atoms with van der Waals surface area (Å²) in [5, 5.41) is 0. The maximum absolute atomic E-state index is 12.9. The van der Waals surface area contributed by atoms with E-state index in [0.29, 0.717) is 11.8 Å². The molecule has 0 aliphatic carbocycles. The van der Waals surface area contributed by atoms with E-state index in [0.717, 1.165) is 6.07 Å². The van der Waals surface area contributed by atoms with Crippen LogP contribution in [0.4, 0.5) is 13.2 Å². The Bertz CT molecular complexity index is 354. The fraction of sp³-hybridized carbons (Fsp3) is 0.111. The van der Waals surface area contributed by atoms with Gasteiger partial charge in [0.05, 0.1) is 0 Å². The van der Waals surface area contributed by atoms with Gasteiger partial charge >= 0.3 is 0 Å². The van der Waals surface area contributed by atoms with Crippen LogP contribution in [0.2, 0.25) is 0 Å². The molecule has 0 aliphatic heterocycles. The average Bonchev–Trinajstić information content (AvgIpc) is 1.99. The van der Waals surface area contributed by atoms with Crippen LogP contribution in [0.5, 0.6) is 0 Å².